The zero-order valence-electron chi connectivity index (χ0n) is 11.9. The summed E-state index contributed by atoms with van der Waals surface area (Å²) in [5.41, 5.74) is 0.665. The second-order valence-electron chi connectivity index (χ2n) is 4.33. The molecule has 2 aromatic heterocycles. The van der Waals surface area contributed by atoms with Gasteiger partial charge in [0.2, 0.25) is 5.88 Å². The van der Waals surface area contributed by atoms with Crippen LogP contribution in [0.15, 0.2) is 51.9 Å². The number of hydrogen-bond donors (Lipinski definition) is 3. The van der Waals surface area contributed by atoms with Gasteiger partial charge < -0.3 is 5.11 Å². The summed E-state index contributed by atoms with van der Waals surface area (Å²) in [7, 11) is 0. The fourth-order valence-corrected chi connectivity index (χ4v) is 1.71. The van der Waals surface area contributed by atoms with Gasteiger partial charge in [0.1, 0.15) is 5.56 Å². The number of amides is 1. The van der Waals surface area contributed by atoms with E-state index in [0.29, 0.717) is 5.56 Å². The zero-order chi connectivity index (χ0) is 16.8. The molecule has 0 bridgehead atoms. The van der Waals surface area contributed by atoms with Crippen LogP contribution in [0, 0.1) is 0 Å². The smallest absolute Gasteiger partial charge is 0.331 e. The van der Waals surface area contributed by atoms with Crippen LogP contribution in [0.25, 0.3) is 0 Å². The maximum Gasteiger partial charge on any atom is 0.331 e. The van der Waals surface area contributed by atoms with Gasteiger partial charge in [-0.05, 0) is 12.1 Å². The molecule has 0 aliphatic rings. The number of H-pyrrole nitrogens is 1. The van der Waals surface area contributed by atoms with E-state index in [1.165, 1.54) is 30.6 Å². The van der Waals surface area contributed by atoms with Crippen molar-refractivity contribution in [3.05, 3.63) is 69.1 Å². The molecule has 0 radical (unpaired) electrons. The van der Waals surface area contributed by atoms with Crippen molar-refractivity contribution in [2.24, 2.45) is 5.10 Å². The average molecular weight is 315 g/mol. The number of carbonyl (C=O) groups is 1. The maximum atomic E-state index is 11.8. The van der Waals surface area contributed by atoms with Gasteiger partial charge in [-0.2, -0.15) is 5.10 Å². The number of hydrogen-bond acceptors (Lipinski definition) is 6. The number of nitrogens with zero attached hydrogens (tertiary/aromatic N) is 3. The van der Waals surface area contributed by atoms with E-state index in [0.717, 1.165) is 10.8 Å². The Morgan fingerprint density at radius 2 is 2.13 bits per heavy atom. The lowest BCUT2D eigenvalue weighted by atomic mass is 10.3. The van der Waals surface area contributed by atoms with Gasteiger partial charge in [0, 0.05) is 24.5 Å². The van der Waals surface area contributed by atoms with Crippen LogP contribution < -0.4 is 16.7 Å². The van der Waals surface area contributed by atoms with E-state index >= 15 is 0 Å². The summed E-state index contributed by atoms with van der Waals surface area (Å²) in [6.07, 6.45) is 5.22. The summed E-state index contributed by atoms with van der Waals surface area (Å²) in [5, 5.41) is 13.6. The average Bonchev–Trinajstić information content (AvgIpc) is 2.55. The number of aromatic amines is 1. The molecule has 118 valence electrons. The number of rotatable bonds is 5. The first-order valence-electron chi connectivity index (χ1n) is 6.45. The lowest BCUT2D eigenvalue weighted by Crippen LogP contribution is -2.32. The highest BCUT2D eigenvalue weighted by Crippen LogP contribution is 2.07. The molecule has 2 rings (SSSR count). The molecule has 0 saturated heterocycles. The summed E-state index contributed by atoms with van der Waals surface area (Å²) < 4.78 is 0.903. The molecule has 9 heteroatoms. The SMILES string of the molecule is C=CCn1c(O)c(C=NNC(=O)c2ccncc2)c(=O)[nH]c1=O. The highest BCUT2D eigenvalue weighted by molar-refractivity contribution is 5.94. The molecule has 0 unspecified atom stereocenters. The normalized spacial score (nSPS) is 10.6. The van der Waals surface area contributed by atoms with E-state index in [-0.39, 0.29) is 12.1 Å². The summed E-state index contributed by atoms with van der Waals surface area (Å²) in [6.45, 7) is 3.46. The summed E-state index contributed by atoms with van der Waals surface area (Å²) >= 11 is 0. The van der Waals surface area contributed by atoms with Crippen LogP contribution in [-0.2, 0) is 6.54 Å². The first-order chi connectivity index (χ1) is 11.0. The monoisotopic (exact) mass is 315 g/mol. The molecule has 0 saturated carbocycles. The number of carbonyl (C=O) groups excluding carboxylic acids is 1. The van der Waals surface area contributed by atoms with E-state index in [1.54, 1.807) is 0 Å². The highest BCUT2D eigenvalue weighted by Gasteiger charge is 2.11. The highest BCUT2D eigenvalue weighted by atomic mass is 16.3. The predicted octanol–water partition coefficient (Wildman–Crippen LogP) is -0.413. The van der Waals surface area contributed by atoms with Crippen LogP contribution in [0.4, 0.5) is 0 Å². The largest absolute Gasteiger partial charge is 0.494 e. The number of allylic oxidation sites excluding steroid dienone is 1. The molecule has 0 aliphatic heterocycles. The van der Waals surface area contributed by atoms with Crippen molar-refractivity contribution < 1.29 is 9.90 Å². The van der Waals surface area contributed by atoms with Gasteiger partial charge in [0.25, 0.3) is 11.5 Å². The summed E-state index contributed by atoms with van der Waals surface area (Å²) in [6, 6.07) is 2.97. The third-order valence-corrected chi connectivity index (χ3v) is 2.82. The zero-order valence-corrected chi connectivity index (χ0v) is 11.9. The molecule has 1 amide bonds. The van der Waals surface area contributed by atoms with Crippen molar-refractivity contribution in [3.63, 3.8) is 0 Å². The minimum atomic E-state index is -0.824. The van der Waals surface area contributed by atoms with Gasteiger partial charge in [-0.15, -0.1) is 6.58 Å². The van der Waals surface area contributed by atoms with E-state index in [9.17, 15) is 19.5 Å². The van der Waals surface area contributed by atoms with Crippen molar-refractivity contribution in [2.75, 3.05) is 0 Å². The lowest BCUT2D eigenvalue weighted by Gasteiger charge is -2.06. The van der Waals surface area contributed by atoms with Gasteiger partial charge in [-0.25, -0.2) is 10.2 Å². The number of aromatic hydroxyl groups is 1. The Kier molecular flexibility index (Phi) is 4.82. The summed E-state index contributed by atoms with van der Waals surface area (Å²) in [4.78, 5) is 40.8. The minimum absolute atomic E-state index is 0.00562. The Morgan fingerprint density at radius 3 is 2.78 bits per heavy atom. The number of hydrazone groups is 1. The molecule has 0 aromatic carbocycles. The first-order valence-corrected chi connectivity index (χ1v) is 6.45. The molecule has 23 heavy (non-hydrogen) atoms. The lowest BCUT2D eigenvalue weighted by molar-refractivity contribution is 0.0955. The van der Waals surface area contributed by atoms with Crippen LogP contribution in [-0.4, -0.2) is 31.8 Å². The molecule has 2 aromatic rings. The molecular weight excluding hydrogens is 302 g/mol. The quantitative estimate of drug-likeness (QED) is 0.392. The number of pyridine rings is 1. The van der Waals surface area contributed by atoms with Crippen molar-refractivity contribution in [3.8, 4) is 5.88 Å². The van der Waals surface area contributed by atoms with E-state index in [2.05, 4.69) is 22.1 Å². The Balaban J connectivity index is 2.25. The van der Waals surface area contributed by atoms with Crippen molar-refractivity contribution >= 4 is 12.1 Å². The van der Waals surface area contributed by atoms with Gasteiger partial charge in [-0.1, -0.05) is 6.08 Å². The van der Waals surface area contributed by atoms with Crippen molar-refractivity contribution in [2.45, 2.75) is 6.54 Å². The molecule has 0 fully saturated rings. The molecule has 9 nitrogen and oxygen atoms in total. The Bertz CT molecular complexity index is 867. The Hall–Kier alpha value is -3.49. The molecule has 0 atom stereocenters. The standard InChI is InChI=1S/C14H13N5O4/c1-2-7-19-13(22)10(12(21)17-14(19)23)8-16-18-11(20)9-3-5-15-6-4-9/h2-6,8,22H,1,7H2,(H,18,20)(H,17,21,23). The van der Waals surface area contributed by atoms with Crippen LogP contribution in [0.2, 0.25) is 0 Å². The van der Waals surface area contributed by atoms with Gasteiger partial charge in [0.15, 0.2) is 0 Å². The molecule has 0 aliphatic carbocycles. The minimum Gasteiger partial charge on any atom is -0.494 e. The number of aromatic nitrogens is 3. The molecule has 0 spiro atoms. The van der Waals surface area contributed by atoms with E-state index in [1.807, 2.05) is 4.98 Å². The molecule has 3 N–H and O–H groups in total. The molecular formula is C14H13N5O4. The van der Waals surface area contributed by atoms with Gasteiger partial charge >= 0.3 is 5.69 Å². The third-order valence-electron chi connectivity index (χ3n) is 2.82. The maximum absolute atomic E-state index is 11.8. The summed E-state index contributed by atoms with van der Waals surface area (Å²) in [5.74, 6) is -1.08. The topological polar surface area (TPSA) is 129 Å². The van der Waals surface area contributed by atoms with Gasteiger partial charge in [0.05, 0.1) is 6.21 Å². The van der Waals surface area contributed by atoms with Crippen molar-refractivity contribution in [1.29, 1.82) is 0 Å². The van der Waals surface area contributed by atoms with Gasteiger partial charge in [-0.3, -0.25) is 24.1 Å². The first kappa shape index (κ1) is 15.9. The van der Waals surface area contributed by atoms with Crippen LogP contribution in [0.3, 0.4) is 0 Å². The fraction of sp³-hybridized carbons (Fsp3) is 0.0714. The van der Waals surface area contributed by atoms with Crippen molar-refractivity contribution in [1.82, 2.24) is 20.0 Å². The van der Waals surface area contributed by atoms with E-state index < -0.39 is 23.0 Å². The number of nitrogens with one attached hydrogen (secondary N) is 2. The third kappa shape index (κ3) is 3.59. The van der Waals surface area contributed by atoms with Crippen LogP contribution >= 0.6 is 0 Å². The van der Waals surface area contributed by atoms with E-state index in [4.69, 9.17) is 0 Å². The predicted molar refractivity (Wildman–Crippen MR) is 82.5 cm³/mol. The van der Waals surface area contributed by atoms with Crippen LogP contribution in [0.1, 0.15) is 15.9 Å². The second-order valence-corrected chi connectivity index (χ2v) is 4.33. The second kappa shape index (κ2) is 6.98. The Morgan fingerprint density at radius 1 is 1.43 bits per heavy atom. The fourth-order valence-electron chi connectivity index (χ4n) is 1.71. The molecule has 2 heterocycles. The van der Waals surface area contributed by atoms with Crippen LogP contribution in [0.5, 0.6) is 5.88 Å². The Labute approximate surface area is 129 Å².